The average Bonchev–Trinajstić information content (AvgIpc) is 2.30. The van der Waals surface area contributed by atoms with Crippen LogP contribution >= 0.6 is 0 Å². The zero-order chi connectivity index (χ0) is 11.6. The van der Waals surface area contributed by atoms with Gasteiger partial charge in [0.05, 0.1) is 0 Å². The van der Waals surface area contributed by atoms with Crippen molar-refractivity contribution < 1.29 is 4.79 Å². The van der Waals surface area contributed by atoms with E-state index in [1.807, 2.05) is 0 Å². The van der Waals surface area contributed by atoms with Crippen molar-refractivity contribution in [2.24, 2.45) is 5.92 Å². The van der Waals surface area contributed by atoms with Gasteiger partial charge in [-0.05, 0) is 24.8 Å². The molecule has 0 radical (unpaired) electrons. The quantitative estimate of drug-likeness (QED) is 0.546. The molecule has 0 aromatic heterocycles. The van der Waals surface area contributed by atoms with Crippen molar-refractivity contribution >= 4 is 5.78 Å². The maximum atomic E-state index is 11.0. The molecule has 0 aromatic rings. The normalized spacial score (nSPS) is 20.3. The van der Waals surface area contributed by atoms with Gasteiger partial charge in [0.2, 0.25) is 0 Å². The highest BCUT2D eigenvalue weighted by Crippen LogP contribution is 2.21. The molecule has 16 heavy (non-hydrogen) atoms. The number of ketones is 1. The fraction of sp³-hybridized carbons (Fsp3) is 0.800. The van der Waals surface area contributed by atoms with E-state index in [-0.39, 0.29) is 0 Å². The van der Waals surface area contributed by atoms with Crippen LogP contribution < -0.4 is 0 Å². The number of hydrogen-bond acceptors (Lipinski definition) is 1. The first kappa shape index (κ1) is 13.5. The summed E-state index contributed by atoms with van der Waals surface area (Å²) in [5.74, 6) is 1.00. The standard InChI is InChI=1S/C15H26O/c1-2-3-4-5-6-7-8-9-14-10-12-15(16)13-11-14/h10,12,14H,2-9,11,13H2,1H3/t14-/m1/s1. The summed E-state index contributed by atoms with van der Waals surface area (Å²) in [7, 11) is 0. The van der Waals surface area contributed by atoms with Gasteiger partial charge in [0.1, 0.15) is 0 Å². The van der Waals surface area contributed by atoms with E-state index in [0.717, 1.165) is 12.8 Å². The largest absolute Gasteiger partial charge is 0.295 e. The summed E-state index contributed by atoms with van der Waals surface area (Å²) in [4.78, 5) is 11.0. The molecule has 0 aliphatic heterocycles. The topological polar surface area (TPSA) is 17.1 Å². The van der Waals surface area contributed by atoms with Gasteiger partial charge < -0.3 is 0 Å². The Bertz CT molecular complexity index is 217. The van der Waals surface area contributed by atoms with E-state index < -0.39 is 0 Å². The Morgan fingerprint density at radius 2 is 1.81 bits per heavy atom. The van der Waals surface area contributed by atoms with Crippen LogP contribution in [0.3, 0.4) is 0 Å². The summed E-state index contributed by atoms with van der Waals surface area (Å²) in [5.41, 5.74) is 0. The number of allylic oxidation sites excluding steroid dienone is 2. The highest BCUT2D eigenvalue weighted by atomic mass is 16.1. The molecule has 1 nitrogen and oxygen atoms in total. The zero-order valence-corrected chi connectivity index (χ0v) is 10.7. The molecular formula is C15H26O. The van der Waals surface area contributed by atoms with Gasteiger partial charge in [-0.2, -0.15) is 0 Å². The first-order valence-corrected chi connectivity index (χ1v) is 7.04. The zero-order valence-electron chi connectivity index (χ0n) is 10.7. The van der Waals surface area contributed by atoms with Crippen molar-refractivity contribution in [1.29, 1.82) is 0 Å². The molecule has 0 aromatic carbocycles. The van der Waals surface area contributed by atoms with Gasteiger partial charge in [-0.3, -0.25) is 4.79 Å². The molecule has 0 bridgehead atoms. The summed E-state index contributed by atoms with van der Waals surface area (Å²) < 4.78 is 0. The van der Waals surface area contributed by atoms with Crippen molar-refractivity contribution in [3.05, 3.63) is 12.2 Å². The fourth-order valence-corrected chi connectivity index (χ4v) is 2.35. The second-order valence-electron chi connectivity index (χ2n) is 5.03. The number of carbonyl (C=O) groups is 1. The van der Waals surface area contributed by atoms with Gasteiger partial charge in [0.25, 0.3) is 0 Å². The Labute approximate surface area is 100 Å². The summed E-state index contributed by atoms with van der Waals surface area (Å²) in [6.07, 6.45) is 16.7. The maximum absolute atomic E-state index is 11.0. The molecule has 1 aliphatic rings. The third-order valence-electron chi connectivity index (χ3n) is 3.49. The van der Waals surface area contributed by atoms with Crippen LogP contribution in [0.25, 0.3) is 0 Å². The van der Waals surface area contributed by atoms with E-state index in [0.29, 0.717) is 11.7 Å². The van der Waals surface area contributed by atoms with Gasteiger partial charge >= 0.3 is 0 Å². The molecule has 1 rings (SSSR count). The highest BCUT2D eigenvalue weighted by molar-refractivity contribution is 5.90. The summed E-state index contributed by atoms with van der Waals surface area (Å²) >= 11 is 0. The molecule has 0 heterocycles. The van der Waals surface area contributed by atoms with E-state index in [2.05, 4.69) is 13.0 Å². The predicted octanol–water partition coefficient (Wildman–Crippen LogP) is 4.66. The summed E-state index contributed by atoms with van der Waals surface area (Å²) in [6.45, 7) is 2.26. The lowest BCUT2D eigenvalue weighted by atomic mass is 9.90. The molecule has 0 amide bonds. The Balaban J connectivity index is 1.91. The molecule has 0 saturated heterocycles. The van der Waals surface area contributed by atoms with Crippen LogP contribution in [0.1, 0.15) is 71.1 Å². The third-order valence-corrected chi connectivity index (χ3v) is 3.49. The number of hydrogen-bond donors (Lipinski definition) is 0. The third kappa shape index (κ3) is 6.09. The number of carbonyl (C=O) groups excluding carboxylic acids is 1. The summed E-state index contributed by atoms with van der Waals surface area (Å²) in [6, 6.07) is 0. The average molecular weight is 222 g/mol. The lowest BCUT2D eigenvalue weighted by Gasteiger charge is -2.15. The molecule has 0 unspecified atom stereocenters. The van der Waals surface area contributed by atoms with Gasteiger partial charge in [-0.15, -0.1) is 0 Å². The van der Waals surface area contributed by atoms with E-state index in [1.54, 1.807) is 6.08 Å². The molecule has 1 atom stereocenters. The molecule has 1 heteroatoms. The number of unbranched alkanes of at least 4 members (excludes halogenated alkanes) is 6. The van der Waals surface area contributed by atoms with Crippen LogP contribution in [-0.2, 0) is 4.79 Å². The van der Waals surface area contributed by atoms with Gasteiger partial charge in [-0.25, -0.2) is 0 Å². The fourth-order valence-electron chi connectivity index (χ4n) is 2.35. The van der Waals surface area contributed by atoms with Gasteiger partial charge in [0.15, 0.2) is 5.78 Å². The van der Waals surface area contributed by atoms with E-state index >= 15 is 0 Å². The second kappa shape index (κ2) is 8.55. The molecule has 0 fully saturated rings. The second-order valence-corrected chi connectivity index (χ2v) is 5.03. The molecule has 0 N–H and O–H groups in total. The maximum Gasteiger partial charge on any atom is 0.155 e. The van der Waals surface area contributed by atoms with E-state index in [4.69, 9.17) is 0 Å². The highest BCUT2D eigenvalue weighted by Gasteiger charge is 2.11. The van der Waals surface area contributed by atoms with Crippen molar-refractivity contribution in [3.8, 4) is 0 Å². The Kier molecular flexibility index (Phi) is 7.20. The van der Waals surface area contributed by atoms with Gasteiger partial charge in [-0.1, -0.05) is 57.9 Å². The van der Waals surface area contributed by atoms with E-state index in [1.165, 1.54) is 51.4 Å². The van der Waals surface area contributed by atoms with Crippen molar-refractivity contribution in [2.45, 2.75) is 71.1 Å². The molecule has 0 saturated carbocycles. The molecule has 0 spiro atoms. The van der Waals surface area contributed by atoms with Crippen LogP contribution in [-0.4, -0.2) is 5.78 Å². The minimum Gasteiger partial charge on any atom is -0.295 e. The molecule has 1 aliphatic carbocycles. The minimum atomic E-state index is 0.316. The molecule has 92 valence electrons. The van der Waals surface area contributed by atoms with Crippen LogP contribution in [0.4, 0.5) is 0 Å². The molecular weight excluding hydrogens is 196 g/mol. The van der Waals surface area contributed by atoms with Crippen LogP contribution in [0.2, 0.25) is 0 Å². The predicted molar refractivity (Wildman–Crippen MR) is 69.5 cm³/mol. The lowest BCUT2D eigenvalue weighted by molar-refractivity contribution is -0.115. The van der Waals surface area contributed by atoms with Gasteiger partial charge in [0, 0.05) is 6.42 Å². The number of rotatable bonds is 8. The first-order valence-electron chi connectivity index (χ1n) is 7.04. The van der Waals surface area contributed by atoms with Crippen LogP contribution in [0, 0.1) is 5.92 Å². The Hall–Kier alpha value is -0.590. The van der Waals surface area contributed by atoms with Crippen molar-refractivity contribution in [2.75, 3.05) is 0 Å². The van der Waals surface area contributed by atoms with Crippen molar-refractivity contribution in [1.82, 2.24) is 0 Å². The van der Waals surface area contributed by atoms with Crippen LogP contribution in [0.5, 0.6) is 0 Å². The SMILES string of the molecule is CCCCCCCCC[C@@H]1C=CC(=O)CC1. The first-order chi connectivity index (χ1) is 7.83. The Morgan fingerprint density at radius 1 is 1.12 bits per heavy atom. The van der Waals surface area contributed by atoms with Crippen LogP contribution in [0.15, 0.2) is 12.2 Å². The monoisotopic (exact) mass is 222 g/mol. The smallest absolute Gasteiger partial charge is 0.155 e. The Morgan fingerprint density at radius 3 is 2.44 bits per heavy atom. The van der Waals surface area contributed by atoms with E-state index in [9.17, 15) is 4.79 Å². The van der Waals surface area contributed by atoms with Crippen molar-refractivity contribution in [3.63, 3.8) is 0 Å². The lowest BCUT2D eigenvalue weighted by Crippen LogP contribution is -2.07. The summed E-state index contributed by atoms with van der Waals surface area (Å²) in [5, 5.41) is 0. The minimum absolute atomic E-state index is 0.316.